The quantitative estimate of drug-likeness (QED) is 0.631. The maximum absolute atomic E-state index is 11.1. The van der Waals surface area contributed by atoms with Crippen LogP contribution in [0, 0.1) is 0 Å². The highest BCUT2D eigenvalue weighted by Crippen LogP contribution is 2.35. The third kappa shape index (κ3) is 2.24. The highest BCUT2D eigenvalue weighted by atomic mass is 32.2. The number of aromatic amines is 2. The molecule has 3 rings (SSSR count). The Morgan fingerprint density at radius 2 is 2.32 bits per heavy atom. The summed E-state index contributed by atoms with van der Waals surface area (Å²) in [7, 11) is -1.03. The van der Waals surface area contributed by atoms with Crippen LogP contribution >= 0.6 is 11.8 Å². The zero-order valence-corrected chi connectivity index (χ0v) is 10.6. The second-order valence-electron chi connectivity index (χ2n) is 4.25. The number of carbonyl (C=O) groups is 1. The standard InChI is InChI=1S/C11H11BN2O4S/c15-11(16)7-3-1-2-6-4-8(12(17)18-10(6)7)19-9-5-13-14-9/h1-3,5,8,13-14,17H,4H2,(H,15,16)/t8-/m0/s1. The van der Waals surface area contributed by atoms with Crippen molar-refractivity contribution in [2.75, 3.05) is 0 Å². The van der Waals surface area contributed by atoms with Gasteiger partial charge in [-0.25, -0.2) is 4.79 Å². The van der Waals surface area contributed by atoms with E-state index in [1.165, 1.54) is 17.8 Å². The number of carboxylic acid groups (broad SMARTS) is 1. The van der Waals surface area contributed by atoms with Gasteiger partial charge >= 0.3 is 13.1 Å². The SMILES string of the molecule is O=C(O)c1cccc2c1OB(O)[C@@H](Sc1c[nH][nH]1)C2. The molecule has 1 aromatic heterocycles. The lowest BCUT2D eigenvalue weighted by molar-refractivity contribution is 0.0694. The first kappa shape index (κ1) is 12.2. The fourth-order valence-corrected chi connectivity index (χ4v) is 3.03. The predicted octanol–water partition coefficient (Wildman–Crippen LogP) is 1.16. The molecule has 0 spiro atoms. The Kier molecular flexibility index (Phi) is 3.04. The molecular weight excluding hydrogens is 267 g/mol. The summed E-state index contributed by atoms with van der Waals surface area (Å²) in [6.45, 7) is 0. The van der Waals surface area contributed by atoms with Crippen LogP contribution < -0.4 is 4.65 Å². The van der Waals surface area contributed by atoms with Gasteiger partial charge in [0.15, 0.2) is 0 Å². The van der Waals surface area contributed by atoms with Crippen LogP contribution in [0.15, 0.2) is 29.4 Å². The predicted molar refractivity (Wildman–Crippen MR) is 70.5 cm³/mol. The van der Waals surface area contributed by atoms with Crippen LogP contribution in [-0.4, -0.2) is 38.6 Å². The first-order valence-electron chi connectivity index (χ1n) is 5.73. The lowest BCUT2D eigenvalue weighted by Gasteiger charge is -2.28. The number of aromatic carboxylic acids is 1. The third-order valence-corrected chi connectivity index (χ3v) is 4.16. The van der Waals surface area contributed by atoms with Crippen molar-refractivity contribution in [2.24, 2.45) is 0 Å². The number of thioether (sulfide) groups is 1. The topological polar surface area (TPSA) is 98.3 Å². The number of hydrogen-bond donors (Lipinski definition) is 4. The lowest BCUT2D eigenvalue weighted by atomic mass is 9.77. The summed E-state index contributed by atoms with van der Waals surface area (Å²) in [6, 6.07) is 4.98. The Hall–Kier alpha value is -1.80. The molecule has 0 bridgehead atoms. The molecule has 4 N–H and O–H groups in total. The molecule has 1 aliphatic rings. The summed E-state index contributed by atoms with van der Waals surface area (Å²) in [6.07, 6.45) is 2.35. The van der Waals surface area contributed by atoms with Gasteiger partial charge < -0.3 is 19.9 Å². The molecule has 1 atom stereocenters. The minimum atomic E-state index is -1.05. The number of aromatic nitrogens is 2. The Morgan fingerprint density at radius 1 is 1.53 bits per heavy atom. The number of para-hydroxylation sites is 1. The molecular formula is C11H11BN2O4S. The molecule has 0 fully saturated rings. The molecule has 6 nitrogen and oxygen atoms in total. The van der Waals surface area contributed by atoms with Crippen LogP contribution in [0.25, 0.3) is 0 Å². The molecule has 19 heavy (non-hydrogen) atoms. The Balaban J connectivity index is 1.88. The van der Waals surface area contributed by atoms with Crippen LogP contribution in [0.3, 0.4) is 0 Å². The van der Waals surface area contributed by atoms with E-state index in [1.807, 2.05) is 6.07 Å². The zero-order chi connectivity index (χ0) is 13.4. The van der Waals surface area contributed by atoms with Crippen molar-refractivity contribution >= 4 is 24.8 Å². The van der Waals surface area contributed by atoms with Gasteiger partial charge in [-0.2, -0.15) is 0 Å². The van der Waals surface area contributed by atoms with Gasteiger partial charge in [-0.3, -0.25) is 5.10 Å². The number of H-pyrrole nitrogens is 2. The van der Waals surface area contributed by atoms with Crippen molar-refractivity contribution in [3.8, 4) is 5.75 Å². The maximum Gasteiger partial charge on any atom is 0.537 e. The average Bonchev–Trinajstić information content (AvgIpc) is 2.33. The highest BCUT2D eigenvalue weighted by molar-refractivity contribution is 8.01. The molecule has 0 radical (unpaired) electrons. The minimum absolute atomic E-state index is 0.0858. The van der Waals surface area contributed by atoms with E-state index in [4.69, 9.17) is 9.76 Å². The van der Waals surface area contributed by atoms with Crippen LogP contribution in [0.1, 0.15) is 15.9 Å². The summed E-state index contributed by atoms with van der Waals surface area (Å²) < 4.78 is 5.38. The van der Waals surface area contributed by atoms with Gasteiger partial charge in [0.1, 0.15) is 10.8 Å². The number of carboxylic acids is 1. The van der Waals surface area contributed by atoms with Crippen LogP contribution in [0.5, 0.6) is 5.75 Å². The van der Waals surface area contributed by atoms with Crippen molar-refractivity contribution in [3.05, 3.63) is 35.5 Å². The summed E-state index contributed by atoms with van der Waals surface area (Å²) in [5, 5.41) is 25.5. The number of rotatable bonds is 3. The third-order valence-electron chi connectivity index (χ3n) is 2.98. The van der Waals surface area contributed by atoms with E-state index in [2.05, 4.69) is 10.2 Å². The molecule has 0 unspecified atom stereocenters. The van der Waals surface area contributed by atoms with Gasteiger partial charge in [0.05, 0.1) is 10.7 Å². The average molecular weight is 278 g/mol. The lowest BCUT2D eigenvalue weighted by Crippen LogP contribution is -2.41. The van der Waals surface area contributed by atoms with Gasteiger partial charge in [0, 0.05) is 6.20 Å². The number of nitrogens with one attached hydrogen (secondary N) is 2. The second kappa shape index (κ2) is 4.71. The van der Waals surface area contributed by atoms with Crippen molar-refractivity contribution in [1.29, 1.82) is 0 Å². The maximum atomic E-state index is 11.1. The summed E-state index contributed by atoms with van der Waals surface area (Å²) in [5.74, 6) is -0.782. The number of hydrogen-bond acceptors (Lipinski definition) is 4. The number of fused-ring (bicyclic) bond motifs is 1. The molecule has 0 aliphatic carbocycles. The van der Waals surface area contributed by atoms with Crippen molar-refractivity contribution in [3.63, 3.8) is 0 Å². The van der Waals surface area contributed by atoms with Crippen LogP contribution in [0.4, 0.5) is 0 Å². The molecule has 0 saturated carbocycles. The molecule has 2 aromatic rings. The summed E-state index contributed by atoms with van der Waals surface area (Å²) in [4.78, 5) is 11.1. The molecule has 98 valence electrons. The van der Waals surface area contributed by atoms with Gasteiger partial charge in [0.25, 0.3) is 0 Å². The molecule has 8 heteroatoms. The van der Waals surface area contributed by atoms with Gasteiger partial charge in [-0.15, -0.1) is 11.8 Å². The molecule has 0 saturated heterocycles. The van der Waals surface area contributed by atoms with E-state index in [0.717, 1.165) is 10.6 Å². The Morgan fingerprint density at radius 3 is 2.95 bits per heavy atom. The van der Waals surface area contributed by atoms with Crippen LogP contribution in [-0.2, 0) is 6.42 Å². The Labute approximate surface area is 113 Å². The van der Waals surface area contributed by atoms with E-state index in [-0.39, 0.29) is 16.5 Å². The molecule has 2 heterocycles. The van der Waals surface area contributed by atoms with Gasteiger partial charge in [0.2, 0.25) is 0 Å². The van der Waals surface area contributed by atoms with Crippen LogP contribution in [0.2, 0.25) is 0 Å². The monoisotopic (exact) mass is 278 g/mol. The van der Waals surface area contributed by atoms with Crippen molar-refractivity contribution < 1.29 is 19.6 Å². The molecule has 0 amide bonds. The Bertz CT molecular complexity index is 602. The summed E-state index contributed by atoms with van der Waals surface area (Å²) >= 11 is 1.46. The highest BCUT2D eigenvalue weighted by Gasteiger charge is 2.37. The van der Waals surface area contributed by atoms with E-state index >= 15 is 0 Å². The van der Waals surface area contributed by atoms with E-state index in [0.29, 0.717) is 6.42 Å². The minimum Gasteiger partial charge on any atom is -0.535 e. The largest absolute Gasteiger partial charge is 0.537 e. The molecule has 1 aromatic carbocycles. The first-order valence-corrected chi connectivity index (χ1v) is 6.61. The smallest absolute Gasteiger partial charge is 0.535 e. The fourth-order valence-electron chi connectivity index (χ4n) is 2.02. The van der Waals surface area contributed by atoms with Crippen molar-refractivity contribution in [2.45, 2.75) is 16.6 Å². The van der Waals surface area contributed by atoms with Gasteiger partial charge in [-0.1, -0.05) is 12.1 Å². The van der Waals surface area contributed by atoms with E-state index < -0.39 is 13.1 Å². The first-order chi connectivity index (χ1) is 9.15. The second-order valence-corrected chi connectivity index (χ2v) is 5.53. The molecule has 1 aliphatic heterocycles. The summed E-state index contributed by atoms with van der Waals surface area (Å²) in [5.41, 5.74) is 0.887. The normalized spacial score (nSPS) is 17.9. The zero-order valence-electron chi connectivity index (χ0n) is 9.79. The van der Waals surface area contributed by atoms with E-state index in [1.54, 1.807) is 12.3 Å². The van der Waals surface area contributed by atoms with Gasteiger partial charge in [-0.05, 0) is 18.1 Å². The number of benzene rings is 1. The fraction of sp³-hybridized carbons (Fsp3) is 0.182. The van der Waals surface area contributed by atoms with E-state index in [9.17, 15) is 9.82 Å². The van der Waals surface area contributed by atoms with Crippen molar-refractivity contribution in [1.82, 2.24) is 10.2 Å².